The van der Waals surface area contributed by atoms with Crippen molar-refractivity contribution in [3.8, 4) is 0 Å². The SMILES string of the molecule is C[N+](C)(Cc1ccc(NC(=O)c2cc3cc(Cl)ccc3[nH]2)cc1)C1CCOCC1. The predicted molar refractivity (Wildman–Crippen MR) is 117 cm³/mol. The number of ether oxygens (including phenoxy) is 1. The van der Waals surface area contributed by atoms with Crippen LogP contribution in [0.15, 0.2) is 48.5 Å². The van der Waals surface area contributed by atoms with Gasteiger partial charge in [-0.2, -0.15) is 0 Å². The van der Waals surface area contributed by atoms with E-state index in [2.05, 4.69) is 36.5 Å². The van der Waals surface area contributed by atoms with Crippen LogP contribution in [0.2, 0.25) is 5.02 Å². The number of halogens is 1. The Morgan fingerprint density at radius 3 is 2.59 bits per heavy atom. The Hall–Kier alpha value is -2.34. The number of fused-ring (bicyclic) bond motifs is 1. The van der Waals surface area contributed by atoms with Gasteiger partial charge in [0, 0.05) is 40.0 Å². The van der Waals surface area contributed by atoms with Crippen molar-refractivity contribution in [3.63, 3.8) is 0 Å². The van der Waals surface area contributed by atoms with Crippen LogP contribution in [0.4, 0.5) is 5.69 Å². The molecular formula is C23H27ClN3O2+. The minimum Gasteiger partial charge on any atom is -0.381 e. The first-order valence-electron chi connectivity index (χ1n) is 10.00. The third-order valence-corrected chi connectivity index (χ3v) is 6.04. The van der Waals surface area contributed by atoms with E-state index in [1.807, 2.05) is 30.3 Å². The molecule has 1 aromatic heterocycles. The van der Waals surface area contributed by atoms with Crippen LogP contribution < -0.4 is 5.32 Å². The summed E-state index contributed by atoms with van der Waals surface area (Å²) in [7, 11) is 4.57. The first-order valence-corrected chi connectivity index (χ1v) is 10.4. The lowest BCUT2D eigenvalue weighted by atomic mass is 10.0. The summed E-state index contributed by atoms with van der Waals surface area (Å²) in [4.78, 5) is 15.7. The maximum absolute atomic E-state index is 12.6. The molecule has 1 fully saturated rings. The lowest BCUT2D eigenvalue weighted by Crippen LogP contribution is -2.50. The first-order chi connectivity index (χ1) is 13.9. The number of aromatic nitrogens is 1. The van der Waals surface area contributed by atoms with Gasteiger partial charge in [-0.3, -0.25) is 4.79 Å². The number of quaternary nitrogens is 1. The van der Waals surface area contributed by atoms with Crippen molar-refractivity contribution in [2.24, 2.45) is 0 Å². The molecule has 29 heavy (non-hydrogen) atoms. The monoisotopic (exact) mass is 412 g/mol. The molecule has 6 heteroatoms. The smallest absolute Gasteiger partial charge is 0.272 e. The number of H-pyrrole nitrogens is 1. The predicted octanol–water partition coefficient (Wildman–Crippen LogP) is 4.83. The van der Waals surface area contributed by atoms with Crippen LogP contribution in [0, 0.1) is 0 Å². The van der Waals surface area contributed by atoms with Crippen molar-refractivity contribution >= 4 is 34.1 Å². The molecule has 5 nitrogen and oxygen atoms in total. The van der Waals surface area contributed by atoms with Crippen LogP contribution in [-0.4, -0.2) is 48.7 Å². The number of nitrogens with zero attached hydrogens (tertiary/aromatic N) is 1. The molecule has 1 saturated heterocycles. The van der Waals surface area contributed by atoms with Crippen LogP contribution in [0.5, 0.6) is 0 Å². The summed E-state index contributed by atoms with van der Waals surface area (Å²) in [5.74, 6) is -0.164. The number of hydrogen-bond acceptors (Lipinski definition) is 2. The lowest BCUT2D eigenvalue weighted by molar-refractivity contribution is -0.929. The van der Waals surface area contributed by atoms with Gasteiger partial charge >= 0.3 is 0 Å². The molecule has 0 unspecified atom stereocenters. The van der Waals surface area contributed by atoms with Gasteiger partial charge in [0.1, 0.15) is 12.2 Å². The highest BCUT2D eigenvalue weighted by Gasteiger charge is 2.30. The number of carbonyl (C=O) groups is 1. The molecule has 0 spiro atoms. The molecule has 0 radical (unpaired) electrons. The van der Waals surface area contributed by atoms with Gasteiger partial charge in [-0.25, -0.2) is 0 Å². The molecule has 3 aromatic rings. The van der Waals surface area contributed by atoms with Crippen LogP contribution in [0.25, 0.3) is 10.9 Å². The van der Waals surface area contributed by atoms with E-state index in [1.165, 1.54) is 5.56 Å². The van der Waals surface area contributed by atoms with E-state index in [1.54, 1.807) is 6.07 Å². The van der Waals surface area contributed by atoms with Crippen molar-refractivity contribution in [3.05, 3.63) is 64.8 Å². The summed E-state index contributed by atoms with van der Waals surface area (Å²) in [6.45, 7) is 2.68. The molecule has 2 heterocycles. The molecule has 4 rings (SSSR count). The van der Waals surface area contributed by atoms with E-state index >= 15 is 0 Å². The van der Waals surface area contributed by atoms with Gasteiger partial charge in [0.2, 0.25) is 0 Å². The average Bonchev–Trinajstić information content (AvgIpc) is 3.13. The molecule has 0 bridgehead atoms. The molecular weight excluding hydrogens is 386 g/mol. The topological polar surface area (TPSA) is 54.1 Å². The number of nitrogens with one attached hydrogen (secondary N) is 2. The highest BCUT2D eigenvalue weighted by molar-refractivity contribution is 6.31. The van der Waals surface area contributed by atoms with Crippen molar-refractivity contribution in [2.75, 3.05) is 32.6 Å². The van der Waals surface area contributed by atoms with E-state index in [0.717, 1.165) is 53.7 Å². The first kappa shape index (κ1) is 20.0. The van der Waals surface area contributed by atoms with Crippen LogP contribution in [0.1, 0.15) is 28.9 Å². The number of anilines is 1. The summed E-state index contributed by atoms with van der Waals surface area (Å²) in [6.07, 6.45) is 2.22. The molecule has 0 atom stereocenters. The normalized spacial score (nSPS) is 15.6. The fourth-order valence-electron chi connectivity index (χ4n) is 4.10. The van der Waals surface area contributed by atoms with Gasteiger partial charge in [0.25, 0.3) is 5.91 Å². The van der Waals surface area contributed by atoms with E-state index in [4.69, 9.17) is 16.3 Å². The molecule has 152 valence electrons. The number of hydrogen-bond donors (Lipinski definition) is 2. The van der Waals surface area contributed by atoms with Gasteiger partial charge in [-0.1, -0.05) is 23.7 Å². The Balaban J connectivity index is 1.41. The quantitative estimate of drug-likeness (QED) is 0.590. The van der Waals surface area contributed by atoms with Crippen molar-refractivity contribution in [1.29, 1.82) is 0 Å². The second-order valence-electron chi connectivity index (χ2n) is 8.35. The van der Waals surface area contributed by atoms with Crippen LogP contribution in [-0.2, 0) is 11.3 Å². The fourth-order valence-corrected chi connectivity index (χ4v) is 4.28. The third-order valence-electron chi connectivity index (χ3n) is 5.81. The summed E-state index contributed by atoms with van der Waals surface area (Å²) < 4.78 is 6.45. The van der Waals surface area contributed by atoms with Crippen molar-refractivity contribution in [1.82, 2.24) is 4.98 Å². The highest BCUT2D eigenvalue weighted by Crippen LogP contribution is 2.24. The molecule has 1 amide bonds. The van der Waals surface area contributed by atoms with Crippen molar-refractivity contribution < 1.29 is 14.0 Å². The Bertz CT molecular complexity index is 1000. The maximum Gasteiger partial charge on any atom is 0.272 e. The second kappa shape index (κ2) is 8.19. The highest BCUT2D eigenvalue weighted by atomic mass is 35.5. The Labute approximate surface area is 176 Å². The molecule has 0 saturated carbocycles. The zero-order valence-corrected chi connectivity index (χ0v) is 17.6. The number of rotatable bonds is 5. The van der Waals surface area contributed by atoms with E-state index in [0.29, 0.717) is 16.8 Å². The molecule has 2 aromatic carbocycles. The summed E-state index contributed by atoms with van der Waals surface area (Å²) in [6, 6.07) is 16.1. The van der Waals surface area contributed by atoms with Crippen LogP contribution >= 0.6 is 11.6 Å². The number of carbonyl (C=O) groups excluding carboxylic acids is 1. The van der Waals surface area contributed by atoms with E-state index < -0.39 is 0 Å². The minimum absolute atomic E-state index is 0.164. The van der Waals surface area contributed by atoms with Gasteiger partial charge < -0.3 is 19.5 Å². The molecule has 0 aliphatic carbocycles. The fraction of sp³-hybridized carbons (Fsp3) is 0.348. The maximum atomic E-state index is 12.6. The van der Waals surface area contributed by atoms with Crippen LogP contribution in [0.3, 0.4) is 0 Å². The lowest BCUT2D eigenvalue weighted by Gasteiger charge is -2.40. The second-order valence-corrected chi connectivity index (χ2v) is 8.78. The molecule has 1 aliphatic heterocycles. The van der Waals surface area contributed by atoms with Gasteiger partial charge in [0.05, 0.1) is 33.4 Å². The zero-order valence-electron chi connectivity index (χ0n) is 16.9. The average molecular weight is 413 g/mol. The third kappa shape index (κ3) is 4.64. The molecule has 1 aliphatic rings. The van der Waals surface area contributed by atoms with Gasteiger partial charge in [-0.05, 0) is 36.4 Å². The Morgan fingerprint density at radius 1 is 1.14 bits per heavy atom. The Morgan fingerprint density at radius 2 is 1.86 bits per heavy atom. The van der Waals surface area contributed by atoms with Crippen molar-refractivity contribution in [2.45, 2.75) is 25.4 Å². The summed E-state index contributed by atoms with van der Waals surface area (Å²) >= 11 is 6.03. The number of aromatic amines is 1. The summed E-state index contributed by atoms with van der Waals surface area (Å²) in [5.41, 5.74) is 3.46. The Kier molecular flexibility index (Phi) is 5.63. The molecule has 2 N–H and O–H groups in total. The van der Waals surface area contributed by atoms with E-state index in [9.17, 15) is 4.79 Å². The largest absolute Gasteiger partial charge is 0.381 e. The minimum atomic E-state index is -0.164. The zero-order chi connectivity index (χ0) is 20.4. The van der Waals surface area contributed by atoms with Gasteiger partial charge in [-0.15, -0.1) is 0 Å². The van der Waals surface area contributed by atoms with Gasteiger partial charge in [0.15, 0.2) is 0 Å². The summed E-state index contributed by atoms with van der Waals surface area (Å²) in [5, 5.41) is 4.54. The number of benzene rings is 2. The van der Waals surface area contributed by atoms with E-state index in [-0.39, 0.29) is 5.91 Å². The number of amides is 1. The standard InChI is InChI=1S/C23H26ClN3O2/c1-27(2,20-9-11-29-12-10-20)15-16-3-6-19(7-4-16)25-23(28)22-14-17-13-18(24)5-8-21(17)26-22/h3-8,13-14,20H,9-12,15H2,1-2H3,(H-,25,26,28)/p+1.